The molecule has 0 fully saturated rings. The van der Waals surface area contributed by atoms with Gasteiger partial charge in [0.15, 0.2) is 9.84 Å². The monoisotopic (exact) mass is 328 g/mol. The Balaban J connectivity index is 2.82. The van der Waals surface area contributed by atoms with Crippen LogP contribution in [0.1, 0.15) is 27.2 Å². The maximum absolute atomic E-state index is 12.2. The van der Waals surface area contributed by atoms with Gasteiger partial charge in [0.1, 0.15) is 0 Å². The van der Waals surface area contributed by atoms with Gasteiger partial charge in [0.05, 0.1) is 15.5 Å². The van der Waals surface area contributed by atoms with E-state index < -0.39 is 14.6 Å². The zero-order chi connectivity index (χ0) is 16.1. The minimum absolute atomic E-state index is 0.114. The first-order chi connectivity index (χ1) is 9.63. The number of anilines is 1. The van der Waals surface area contributed by atoms with Crippen LogP contribution in [-0.4, -0.2) is 37.0 Å². The fourth-order valence-electron chi connectivity index (χ4n) is 1.79. The molecule has 118 valence electrons. The van der Waals surface area contributed by atoms with E-state index in [2.05, 4.69) is 0 Å². The highest BCUT2D eigenvalue weighted by atomic mass is 32.2. The van der Waals surface area contributed by atoms with E-state index in [1.165, 1.54) is 0 Å². The van der Waals surface area contributed by atoms with E-state index in [0.29, 0.717) is 24.5 Å². The predicted octanol–water partition coefficient (Wildman–Crippen LogP) is 2.38. The van der Waals surface area contributed by atoms with Crippen molar-refractivity contribution in [1.29, 1.82) is 0 Å². The van der Waals surface area contributed by atoms with Crippen LogP contribution in [0.15, 0.2) is 30.3 Å². The van der Waals surface area contributed by atoms with Crippen LogP contribution < -0.4 is 10.6 Å². The van der Waals surface area contributed by atoms with Gasteiger partial charge in [0.2, 0.25) is 0 Å². The first-order valence-electron chi connectivity index (χ1n) is 6.94. The second-order valence-electron chi connectivity index (χ2n) is 5.97. The standard InChI is InChI=1S/C15H24N2O2S2/c1-15(2,3)21(18,19)12-11-17(10-9-14(16)20)13-7-5-4-6-8-13/h4-8H,9-12H2,1-3H3,(H2,16,20). The molecule has 6 heteroatoms. The van der Waals surface area contributed by atoms with E-state index >= 15 is 0 Å². The van der Waals surface area contributed by atoms with Gasteiger partial charge < -0.3 is 10.6 Å². The molecule has 0 aromatic heterocycles. The summed E-state index contributed by atoms with van der Waals surface area (Å²) in [6.07, 6.45) is 0.569. The molecular formula is C15H24N2O2S2. The number of para-hydroxylation sites is 1. The first kappa shape index (κ1) is 17.9. The number of hydrogen-bond donors (Lipinski definition) is 1. The molecule has 21 heavy (non-hydrogen) atoms. The topological polar surface area (TPSA) is 63.4 Å². The van der Waals surface area contributed by atoms with Crippen molar-refractivity contribution in [3.63, 3.8) is 0 Å². The summed E-state index contributed by atoms with van der Waals surface area (Å²) >= 11 is 4.91. The second-order valence-corrected chi connectivity index (χ2v) is 9.36. The van der Waals surface area contributed by atoms with Crippen molar-refractivity contribution in [2.45, 2.75) is 31.9 Å². The third-order valence-electron chi connectivity index (χ3n) is 3.31. The molecule has 0 radical (unpaired) electrons. The summed E-state index contributed by atoms with van der Waals surface area (Å²) in [6, 6.07) is 9.72. The number of nitrogens with zero attached hydrogens (tertiary/aromatic N) is 1. The largest absolute Gasteiger partial charge is 0.393 e. The van der Waals surface area contributed by atoms with Gasteiger partial charge in [-0.25, -0.2) is 8.42 Å². The van der Waals surface area contributed by atoms with Gasteiger partial charge in [0.25, 0.3) is 0 Å². The summed E-state index contributed by atoms with van der Waals surface area (Å²) in [7, 11) is -3.15. The Morgan fingerprint density at radius 3 is 2.24 bits per heavy atom. The van der Waals surface area contributed by atoms with Gasteiger partial charge >= 0.3 is 0 Å². The zero-order valence-electron chi connectivity index (χ0n) is 12.9. The average Bonchev–Trinajstić information content (AvgIpc) is 2.38. The fraction of sp³-hybridized carbons (Fsp3) is 0.533. The summed E-state index contributed by atoms with van der Waals surface area (Å²) < 4.78 is 23.8. The molecule has 4 nitrogen and oxygen atoms in total. The highest BCUT2D eigenvalue weighted by Crippen LogP contribution is 2.18. The summed E-state index contributed by atoms with van der Waals surface area (Å²) in [5.41, 5.74) is 6.54. The Labute approximate surface area is 133 Å². The lowest BCUT2D eigenvalue weighted by Crippen LogP contribution is -2.37. The van der Waals surface area contributed by atoms with Crippen molar-refractivity contribution in [2.24, 2.45) is 5.73 Å². The van der Waals surface area contributed by atoms with Gasteiger partial charge in [-0.1, -0.05) is 30.4 Å². The molecule has 0 atom stereocenters. The van der Waals surface area contributed by atoms with Crippen molar-refractivity contribution < 1.29 is 8.42 Å². The lowest BCUT2D eigenvalue weighted by molar-refractivity contribution is 0.559. The van der Waals surface area contributed by atoms with Crippen molar-refractivity contribution in [3.05, 3.63) is 30.3 Å². The zero-order valence-corrected chi connectivity index (χ0v) is 14.5. The highest BCUT2D eigenvalue weighted by molar-refractivity contribution is 7.92. The third-order valence-corrected chi connectivity index (χ3v) is 6.10. The Kier molecular flexibility index (Phi) is 6.16. The molecule has 0 heterocycles. The molecule has 0 aliphatic rings. The molecule has 0 unspecified atom stereocenters. The summed E-state index contributed by atoms with van der Waals surface area (Å²) in [6.45, 7) is 6.24. The van der Waals surface area contributed by atoms with E-state index in [1.807, 2.05) is 35.2 Å². The van der Waals surface area contributed by atoms with Crippen molar-refractivity contribution >= 4 is 32.7 Å². The number of benzene rings is 1. The predicted molar refractivity (Wildman–Crippen MR) is 93.6 cm³/mol. The molecule has 0 saturated carbocycles. The number of nitrogens with two attached hydrogens (primary N) is 1. The van der Waals surface area contributed by atoms with E-state index in [1.54, 1.807) is 20.8 Å². The number of hydrogen-bond acceptors (Lipinski definition) is 4. The Morgan fingerprint density at radius 1 is 1.19 bits per heavy atom. The minimum atomic E-state index is -3.15. The molecular weight excluding hydrogens is 304 g/mol. The summed E-state index contributed by atoms with van der Waals surface area (Å²) in [5.74, 6) is 0.114. The van der Waals surface area contributed by atoms with Crippen LogP contribution in [0.5, 0.6) is 0 Å². The molecule has 0 saturated heterocycles. The maximum atomic E-state index is 12.2. The van der Waals surface area contributed by atoms with Crippen LogP contribution >= 0.6 is 12.2 Å². The van der Waals surface area contributed by atoms with Crippen molar-refractivity contribution in [1.82, 2.24) is 0 Å². The highest BCUT2D eigenvalue weighted by Gasteiger charge is 2.29. The van der Waals surface area contributed by atoms with Crippen LogP contribution in [0.2, 0.25) is 0 Å². The SMILES string of the molecule is CC(C)(C)S(=O)(=O)CCN(CCC(N)=S)c1ccccc1. The minimum Gasteiger partial charge on any atom is -0.393 e. The number of rotatable bonds is 7. The van der Waals surface area contributed by atoms with Gasteiger partial charge in [-0.2, -0.15) is 0 Å². The Hall–Kier alpha value is -1.14. The molecule has 0 aliphatic heterocycles. The fourth-order valence-corrected chi connectivity index (χ4v) is 2.95. The quantitative estimate of drug-likeness (QED) is 0.779. The van der Waals surface area contributed by atoms with Crippen molar-refractivity contribution in [3.8, 4) is 0 Å². The van der Waals surface area contributed by atoms with Crippen LogP contribution in [0.3, 0.4) is 0 Å². The lowest BCUT2D eigenvalue weighted by Gasteiger charge is -2.27. The molecule has 1 rings (SSSR count). The first-order valence-corrected chi connectivity index (χ1v) is 9.00. The van der Waals surface area contributed by atoms with E-state index in [0.717, 1.165) is 5.69 Å². The Bertz CT molecular complexity index is 563. The van der Waals surface area contributed by atoms with E-state index in [9.17, 15) is 8.42 Å². The van der Waals surface area contributed by atoms with E-state index in [-0.39, 0.29) is 5.75 Å². The Morgan fingerprint density at radius 2 is 1.76 bits per heavy atom. The molecule has 0 spiro atoms. The van der Waals surface area contributed by atoms with Crippen LogP contribution in [0, 0.1) is 0 Å². The number of thiocarbonyl (C=S) groups is 1. The summed E-state index contributed by atoms with van der Waals surface area (Å²) in [5, 5.41) is 0. The second kappa shape index (κ2) is 7.22. The summed E-state index contributed by atoms with van der Waals surface area (Å²) in [4.78, 5) is 2.46. The molecule has 2 N–H and O–H groups in total. The molecule has 0 aliphatic carbocycles. The van der Waals surface area contributed by atoms with Crippen molar-refractivity contribution in [2.75, 3.05) is 23.7 Å². The van der Waals surface area contributed by atoms with Gasteiger partial charge in [-0.15, -0.1) is 0 Å². The smallest absolute Gasteiger partial charge is 0.156 e. The maximum Gasteiger partial charge on any atom is 0.156 e. The molecule has 1 aromatic carbocycles. The van der Waals surface area contributed by atoms with E-state index in [4.69, 9.17) is 18.0 Å². The average molecular weight is 329 g/mol. The lowest BCUT2D eigenvalue weighted by atomic mass is 10.2. The van der Waals surface area contributed by atoms with Crippen LogP contribution in [0.25, 0.3) is 0 Å². The van der Waals surface area contributed by atoms with Gasteiger partial charge in [0, 0.05) is 25.2 Å². The van der Waals surface area contributed by atoms with Gasteiger partial charge in [-0.05, 0) is 32.9 Å². The molecule has 1 aromatic rings. The normalized spacial score (nSPS) is 12.1. The molecule has 0 bridgehead atoms. The van der Waals surface area contributed by atoms with Crippen LogP contribution in [0.4, 0.5) is 5.69 Å². The van der Waals surface area contributed by atoms with Gasteiger partial charge in [-0.3, -0.25) is 0 Å². The third kappa shape index (κ3) is 5.63. The molecule has 0 amide bonds. The number of sulfone groups is 1. The van der Waals surface area contributed by atoms with Crippen LogP contribution in [-0.2, 0) is 9.84 Å².